The van der Waals surface area contributed by atoms with Crippen molar-refractivity contribution in [1.82, 2.24) is 10.2 Å². The van der Waals surface area contributed by atoms with Crippen LogP contribution < -0.4 is 5.32 Å². The molecule has 0 aromatic carbocycles. The van der Waals surface area contributed by atoms with Gasteiger partial charge in [-0.1, -0.05) is 0 Å². The van der Waals surface area contributed by atoms with Crippen LogP contribution in [0.3, 0.4) is 0 Å². The van der Waals surface area contributed by atoms with E-state index in [1.54, 1.807) is 20.8 Å². The molecule has 0 bridgehead atoms. The number of alkyl halides is 3. The minimum atomic E-state index is -4.34. The van der Waals surface area contributed by atoms with Gasteiger partial charge in [-0.25, -0.2) is 4.79 Å². The molecule has 1 fully saturated rings. The molecule has 1 aliphatic heterocycles. The first kappa shape index (κ1) is 18.6. The highest BCUT2D eigenvalue weighted by Crippen LogP contribution is 2.21. The first-order valence-electron chi connectivity index (χ1n) is 7.30. The van der Waals surface area contributed by atoms with Crippen molar-refractivity contribution in [3.05, 3.63) is 0 Å². The second kappa shape index (κ2) is 7.19. The lowest BCUT2D eigenvalue weighted by Crippen LogP contribution is -2.50. The van der Waals surface area contributed by atoms with Crippen molar-refractivity contribution < 1.29 is 27.5 Å². The molecule has 0 saturated carbocycles. The number of rotatable bonds is 3. The van der Waals surface area contributed by atoms with Gasteiger partial charge in [0.05, 0.1) is 6.42 Å². The van der Waals surface area contributed by atoms with Crippen LogP contribution in [0, 0.1) is 0 Å². The van der Waals surface area contributed by atoms with Crippen LogP contribution in [0.4, 0.5) is 18.0 Å². The normalized spacial score (nSPS) is 19.7. The van der Waals surface area contributed by atoms with E-state index in [1.807, 2.05) is 0 Å². The van der Waals surface area contributed by atoms with Gasteiger partial charge in [-0.15, -0.1) is 0 Å². The summed E-state index contributed by atoms with van der Waals surface area (Å²) < 4.78 is 41.5. The summed E-state index contributed by atoms with van der Waals surface area (Å²) in [6.07, 6.45) is -5.23. The highest BCUT2D eigenvalue weighted by molar-refractivity contribution is 5.76. The fourth-order valence-electron chi connectivity index (χ4n) is 2.14. The third kappa shape index (κ3) is 7.51. The Morgan fingerprint density at radius 3 is 2.45 bits per heavy atom. The monoisotopic (exact) mass is 324 g/mol. The van der Waals surface area contributed by atoms with Gasteiger partial charge in [-0.3, -0.25) is 4.79 Å². The van der Waals surface area contributed by atoms with Gasteiger partial charge in [0.25, 0.3) is 0 Å². The number of amides is 2. The summed E-state index contributed by atoms with van der Waals surface area (Å²) >= 11 is 0. The Bertz CT molecular complexity index is 405. The fraction of sp³-hybridized carbons (Fsp3) is 0.857. The van der Waals surface area contributed by atoms with E-state index >= 15 is 0 Å². The summed E-state index contributed by atoms with van der Waals surface area (Å²) in [6.45, 7) is 6.04. The molecule has 5 nitrogen and oxygen atoms in total. The second-order valence-corrected chi connectivity index (χ2v) is 6.45. The molecule has 0 unspecified atom stereocenters. The lowest BCUT2D eigenvalue weighted by Gasteiger charge is -2.34. The molecular weight excluding hydrogens is 301 g/mol. The van der Waals surface area contributed by atoms with Gasteiger partial charge < -0.3 is 15.0 Å². The number of carbonyl (C=O) groups excluding carboxylic acids is 2. The molecule has 22 heavy (non-hydrogen) atoms. The molecule has 8 heteroatoms. The molecule has 1 atom stereocenters. The van der Waals surface area contributed by atoms with Crippen LogP contribution in [0.1, 0.15) is 46.5 Å². The van der Waals surface area contributed by atoms with Crippen molar-refractivity contribution in [3.63, 3.8) is 0 Å². The first-order valence-corrected chi connectivity index (χ1v) is 7.30. The molecule has 128 valence electrons. The van der Waals surface area contributed by atoms with Gasteiger partial charge in [0.15, 0.2) is 0 Å². The SMILES string of the molecule is CC(C)(C)OC(=O)N1CCC[C@@H](NC(=O)CCC(F)(F)F)C1. The molecular formula is C14H23F3N2O3. The molecule has 0 radical (unpaired) electrons. The second-order valence-electron chi connectivity index (χ2n) is 6.45. The maximum atomic E-state index is 12.1. The number of carbonyl (C=O) groups is 2. The molecule has 1 N–H and O–H groups in total. The highest BCUT2D eigenvalue weighted by atomic mass is 19.4. The topological polar surface area (TPSA) is 58.6 Å². The predicted molar refractivity (Wildman–Crippen MR) is 74.3 cm³/mol. The molecule has 0 aliphatic carbocycles. The zero-order chi connectivity index (χ0) is 17.0. The summed E-state index contributed by atoms with van der Waals surface area (Å²) in [5.41, 5.74) is -0.611. The summed E-state index contributed by atoms with van der Waals surface area (Å²) in [4.78, 5) is 24.9. The quantitative estimate of drug-likeness (QED) is 0.868. The first-order chi connectivity index (χ1) is 9.96. The van der Waals surface area contributed by atoms with Crippen LogP contribution in [-0.4, -0.2) is 47.8 Å². The van der Waals surface area contributed by atoms with E-state index in [4.69, 9.17) is 4.74 Å². The van der Waals surface area contributed by atoms with Crippen molar-refractivity contribution in [2.24, 2.45) is 0 Å². The Balaban J connectivity index is 2.43. The van der Waals surface area contributed by atoms with Crippen molar-refractivity contribution in [3.8, 4) is 0 Å². The van der Waals surface area contributed by atoms with Crippen molar-refractivity contribution >= 4 is 12.0 Å². The Morgan fingerprint density at radius 1 is 1.27 bits per heavy atom. The smallest absolute Gasteiger partial charge is 0.410 e. The van der Waals surface area contributed by atoms with Gasteiger partial charge in [-0.05, 0) is 33.6 Å². The fourth-order valence-corrected chi connectivity index (χ4v) is 2.14. The summed E-state index contributed by atoms with van der Waals surface area (Å²) in [7, 11) is 0. The third-order valence-electron chi connectivity index (χ3n) is 3.07. The standard InChI is InChI=1S/C14H23F3N2O3/c1-13(2,3)22-12(21)19-8-4-5-10(9-19)18-11(20)6-7-14(15,16)17/h10H,4-9H2,1-3H3,(H,18,20)/t10-/m1/s1. The average Bonchev–Trinajstić information content (AvgIpc) is 2.34. The van der Waals surface area contributed by atoms with Crippen LogP contribution >= 0.6 is 0 Å². The van der Waals surface area contributed by atoms with Crippen LogP contribution in [0.2, 0.25) is 0 Å². The number of hydrogen-bond acceptors (Lipinski definition) is 3. The zero-order valence-corrected chi connectivity index (χ0v) is 13.1. The Morgan fingerprint density at radius 2 is 1.91 bits per heavy atom. The lowest BCUT2D eigenvalue weighted by atomic mass is 10.1. The average molecular weight is 324 g/mol. The van der Waals surface area contributed by atoms with Crippen LogP contribution in [0.15, 0.2) is 0 Å². The molecule has 0 aromatic heterocycles. The van der Waals surface area contributed by atoms with Crippen molar-refractivity contribution in [2.75, 3.05) is 13.1 Å². The van der Waals surface area contributed by atoms with E-state index in [0.29, 0.717) is 19.4 Å². The van der Waals surface area contributed by atoms with Gasteiger partial charge in [0.2, 0.25) is 5.91 Å². The predicted octanol–water partition coefficient (Wildman–Crippen LogP) is 2.84. The molecule has 0 aromatic rings. The van der Waals surface area contributed by atoms with E-state index in [-0.39, 0.29) is 12.6 Å². The number of nitrogens with one attached hydrogen (secondary N) is 1. The van der Waals surface area contributed by atoms with Gasteiger partial charge >= 0.3 is 12.3 Å². The number of hydrogen-bond donors (Lipinski definition) is 1. The molecule has 1 rings (SSSR count). The summed E-state index contributed by atoms with van der Waals surface area (Å²) in [5, 5.41) is 2.55. The van der Waals surface area contributed by atoms with Crippen LogP contribution in [0.25, 0.3) is 0 Å². The number of likely N-dealkylation sites (tertiary alicyclic amines) is 1. The number of piperidine rings is 1. The Hall–Kier alpha value is -1.47. The van der Waals surface area contributed by atoms with E-state index in [9.17, 15) is 22.8 Å². The zero-order valence-electron chi connectivity index (χ0n) is 13.1. The maximum Gasteiger partial charge on any atom is 0.410 e. The van der Waals surface area contributed by atoms with E-state index in [1.165, 1.54) is 4.90 Å². The van der Waals surface area contributed by atoms with E-state index in [2.05, 4.69) is 5.32 Å². The van der Waals surface area contributed by atoms with E-state index in [0.717, 1.165) is 0 Å². The van der Waals surface area contributed by atoms with E-state index < -0.39 is 36.6 Å². The number of ether oxygens (including phenoxy) is 1. The lowest BCUT2D eigenvalue weighted by molar-refractivity contribution is -0.144. The number of halogens is 3. The molecule has 2 amide bonds. The Kier molecular flexibility index (Phi) is 6.08. The largest absolute Gasteiger partial charge is 0.444 e. The summed E-state index contributed by atoms with van der Waals surface area (Å²) in [6, 6.07) is -0.331. The molecule has 1 heterocycles. The Labute approximate surface area is 128 Å². The number of nitrogens with zero attached hydrogens (tertiary/aromatic N) is 1. The summed E-state index contributed by atoms with van der Waals surface area (Å²) in [5.74, 6) is -0.645. The molecule has 1 aliphatic rings. The molecule has 1 saturated heterocycles. The minimum Gasteiger partial charge on any atom is -0.444 e. The maximum absolute atomic E-state index is 12.1. The minimum absolute atomic E-state index is 0.257. The van der Waals surface area contributed by atoms with Gasteiger partial charge in [-0.2, -0.15) is 13.2 Å². The third-order valence-corrected chi connectivity index (χ3v) is 3.07. The molecule has 0 spiro atoms. The van der Waals surface area contributed by atoms with Crippen molar-refractivity contribution in [1.29, 1.82) is 0 Å². The van der Waals surface area contributed by atoms with Crippen molar-refractivity contribution in [2.45, 2.75) is 64.3 Å². The van der Waals surface area contributed by atoms with Crippen LogP contribution in [0.5, 0.6) is 0 Å². The van der Waals surface area contributed by atoms with Crippen LogP contribution in [-0.2, 0) is 9.53 Å². The highest BCUT2D eigenvalue weighted by Gasteiger charge is 2.30. The van der Waals surface area contributed by atoms with Gasteiger partial charge in [0, 0.05) is 25.6 Å². The van der Waals surface area contributed by atoms with Gasteiger partial charge in [0.1, 0.15) is 5.60 Å².